The molecule has 0 aromatic heterocycles. The van der Waals surface area contributed by atoms with Crippen molar-refractivity contribution in [2.24, 2.45) is 11.3 Å². The Kier molecular flexibility index (Phi) is 4.90. The summed E-state index contributed by atoms with van der Waals surface area (Å²) in [6.07, 6.45) is 2.30. The minimum atomic E-state index is -0.443. The van der Waals surface area contributed by atoms with E-state index in [1.54, 1.807) is 0 Å². The number of carbonyl (C=O) groups is 1. The summed E-state index contributed by atoms with van der Waals surface area (Å²) in [5.41, 5.74) is 2.98. The van der Waals surface area contributed by atoms with Crippen LogP contribution in [0.3, 0.4) is 0 Å². The van der Waals surface area contributed by atoms with Gasteiger partial charge in [-0.15, -0.1) is 0 Å². The predicted octanol–water partition coefficient (Wildman–Crippen LogP) is 6.23. The van der Waals surface area contributed by atoms with Gasteiger partial charge in [0.15, 0.2) is 0 Å². The number of ether oxygens (including phenoxy) is 2. The molecule has 2 fully saturated rings. The van der Waals surface area contributed by atoms with Crippen LogP contribution in [-0.4, -0.2) is 12.6 Å². The highest BCUT2D eigenvalue weighted by atomic mass is 79.9. The highest BCUT2D eigenvalue weighted by molar-refractivity contribution is 9.10. The van der Waals surface area contributed by atoms with Crippen molar-refractivity contribution >= 4 is 32.7 Å². The third-order valence-corrected chi connectivity index (χ3v) is 7.10. The smallest absolute Gasteiger partial charge is 0.313 e. The van der Waals surface area contributed by atoms with Crippen molar-refractivity contribution in [3.8, 4) is 5.75 Å². The molecular weight excluding hydrogens is 440 g/mol. The highest BCUT2D eigenvalue weighted by Crippen LogP contribution is 2.52. The van der Waals surface area contributed by atoms with Gasteiger partial charge in [0.25, 0.3) is 0 Å². The van der Waals surface area contributed by atoms with Crippen LogP contribution >= 0.6 is 15.9 Å². The monoisotopic (exact) mass is 462 g/mol. The van der Waals surface area contributed by atoms with Crippen molar-refractivity contribution in [3.63, 3.8) is 0 Å². The lowest BCUT2D eigenvalue weighted by atomic mass is 9.75. The van der Waals surface area contributed by atoms with Crippen LogP contribution in [0.1, 0.15) is 24.0 Å². The van der Waals surface area contributed by atoms with Crippen molar-refractivity contribution in [2.75, 3.05) is 6.61 Å². The number of esters is 1. The summed E-state index contributed by atoms with van der Waals surface area (Å²) < 4.78 is 12.4. The molecule has 1 aliphatic heterocycles. The average Bonchev–Trinajstić information content (AvgIpc) is 3.21. The van der Waals surface area contributed by atoms with Gasteiger partial charge in [0, 0.05) is 5.92 Å². The Morgan fingerprint density at radius 3 is 2.83 bits per heavy atom. The second-order valence-electron chi connectivity index (χ2n) is 8.45. The second-order valence-corrected chi connectivity index (χ2v) is 9.31. The molecule has 1 saturated carbocycles. The summed E-state index contributed by atoms with van der Waals surface area (Å²) in [6.45, 7) is 5.14. The molecule has 0 spiro atoms. The van der Waals surface area contributed by atoms with Crippen molar-refractivity contribution < 1.29 is 14.3 Å². The first kappa shape index (κ1) is 19.4. The van der Waals surface area contributed by atoms with E-state index in [0.29, 0.717) is 19.6 Å². The number of carbonyl (C=O) groups excluding carboxylic acids is 1. The Hall–Kier alpha value is -2.59. The Morgan fingerprint density at radius 2 is 1.97 bits per heavy atom. The van der Waals surface area contributed by atoms with Crippen LogP contribution in [0.2, 0.25) is 0 Å². The van der Waals surface area contributed by atoms with E-state index in [4.69, 9.17) is 9.47 Å². The fourth-order valence-corrected chi connectivity index (χ4v) is 5.51. The lowest BCUT2D eigenvalue weighted by Gasteiger charge is -2.24. The van der Waals surface area contributed by atoms with Crippen LogP contribution in [-0.2, 0) is 22.6 Å². The predicted molar refractivity (Wildman–Crippen MR) is 121 cm³/mol. The first-order valence-corrected chi connectivity index (χ1v) is 11.1. The van der Waals surface area contributed by atoms with E-state index in [-0.39, 0.29) is 11.9 Å². The SMILES string of the molecule is C=C1CC2COC(=O)C2(Cc2ccc(OCc3cccc4ccccc34)c(Br)c2)C1. The van der Waals surface area contributed by atoms with Crippen LogP contribution in [0.15, 0.2) is 77.3 Å². The zero-order valence-electron chi connectivity index (χ0n) is 16.7. The second kappa shape index (κ2) is 7.59. The van der Waals surface area contributed by atoms with Gasteiger partial charge >= 0.3 is 5.97 Å². The number of rotatable bonds is 5. The van der Waals surface area contributed by atoms with Crippen LogP contribution in [0, 0.1) is 11.3 Å². The minimum Gasteiger partial charge on any atom is -0.488 e. The van der Waals surface area contributed by atoms with Gasteiger partial charge in [-0.05, 0) is 69.2 Å². The first-order chi connectivity index (χ1) is 14.5. The molecule has 2 aliphatic rings. The number of cyclic esters (lactones) is 1. The molecule has 2 unspecified atom stereocenters. The first-order valence-electron chi connectivity index (χ1n) is 10.3. The number of halogens is 1. The molecular formula is C26H23BrO3. The van der Waals surface area contributed by atoms with E-state index in [9.17, 15) is 4.79 Å². The standard InChI is InChI=1S/C26H23BrO3/c1-17-11-21-16-30-25(28)26(21,13-17)14-18-9-10-24(23(27)12-18)29-15-20-7-4-6-19-5-2-3-8-22(19)20/h2-10,12,21H,1,11,13-16H2. The number of hydrogen-bond donors (Lipinski definition) is 0. The molecule has 1 aliphatic carbocycles. The summed E-state index contributed by atoms with van der Waals surface area (Å²) in [4.78, 5) is 12.5. The summed E-state index contributed by atoms with van der Waals surface area (Å²) in [5.74, 6) is 0.975. The summed E-state index contributed by atoms with van der Waals surface area (Å²) >= 11 is 3.66. The molecule has 1 saturated heterocycles. The molecule has 152 valence electrons. The van der Waals surface area contributed by atoms with Crippen molar-refractivity contribution in [1.29, 1.82) is 0 Å². The molecule has 5 rings (SSSR count). The van der Waals surface area contributed by atoms with E-state index >= 15 is 0 Å². The number of fused-ring (bicyclic) bond motifs is 2. The maximum atomic E-state index is 12.5. The maximum Gasteiger partial charge on any atom is 0.313 e. The molecule has 30 heavy (non-hydrogen) atoms. The molecule has 3 aromatic carbocycles. The third kappa shape index (κ3) is 3.33. The molecule has 0 radical (unpaired) electrons. The molecule has 0 N–H and O–H groups in total. The Balaban J connectivity index is 1.34. The van der Waals surface area contributed by atoms with Crippen molar-refractivity contribution in [3.05, 3.63) is 88.4 Å². The normalized spacial score (nSPS) is 22.9. The van der Waals surface area contributed by atoms with E-state index in [1.807, 2.05) is 12.1 Å². The van der Waals surface area contributed by atoms with Crippen LogP contribution in [0.4, 0.5) is 0 Å². The van der Waals surface area contributed by atoms with Crippen molar-refractivity contribution in [1.82, 2.24) is 0 Å². The zero-order chi connectivity index (χ0) is 20.7. The zero-order valence-corrected chi connectivity index (χ0v) is 18.3. The summed E-state index contributed by atoms with van der Waals surface area (Å²) in [6, 6.07) is 20.7. The average molecular weight is 463 g/mol. The van der Waals surface area contributed by atoms with Crippen LogP contribution in [0.25, 0.3) is 10.8 Å². The van der Waals surface area contributed by atoms with Gasteiger partial charge in [-0.3, -0.25) is 4.79 Å². The molecule has 3 aromatic rings. The maximum absolute atomic E-state index is 12.5. The van der Waals surface area contributed by atoms with E-state index in [1.165, 1.54) is 10.8 Å². The van der Waals surface area contributed by atoms with Crippen molar-refractivity contribution in [2.45, 2.75) is 25.9 Å². The fraction of sp³-hybridized carbons (Fsp3) is 0.269. The molecule has 4 heteroatoms. The summed E-state index contributed by atoms with van der Waals surface area (Å²) in [5, 5.41) is 2.42. The number of hydrogen-bond acceptors (Lipinski definition) is 3. The van der Waals surface area contributed by atoms with Gasteiger partial charge in [-0.1, -0.05) is 60.7 Å². The van der Waals surface area contributed by atoms with Gasteiger partial charge in [-0.25, -0.2) is 0 Å². The van der Waals surface area contributed by atoms with Crippen LogP contribution in [0.5, 0.6) is 5.75 Å². The molecule has 0 amide bonds. The highest BCUT2D eigenvalue weighted by Gasteiger charge is 2.55. The lowest BCUT2D eigenvalue weighted by molar-refractivity contribution is -0.146. The lowest BCUT2D eigenvalue weighted by Crippen LogP contribution is -2.31. The molecule has 2 atom stereocenters. The fourth-order valence-electron chi connectivity index (χ4n) is 4.97. The Labute approximate surface area is 184 Å². The van der Waals surface area contributed by atoms with E-state index in [2.05, 4.69) is 71.0 Å². The van der Waals surface area contributed by atoms with Gasteiger partial charge in [-0.2, -0.15) is 0 Å². The molecule has 1 heterocycles. The van der Waals surface area contributed by atoms with Crippen LogP contribution < -0.4 is 4.74 Å². The van der Waals surface area contributed by atoms with E-state index < -0.39 is 5.41 Å². The van der Waals surface area contributed by atoms with Gasteiger partial charge in [0.05, 0.1) is 16.5 Å². The van der Waals surface area contributed by atoms with Gasteiger partial charge in [0.1, 0.15) is 12.4 Å². The Morgan fingerprint density at radius 1 is 1.13 bits per heavy atom. The molecule has 3 nitrogen and oxygen atoms in total. The molecule has 0 bridgehead atoms. The third-order valence-electron chi connectivity index (χ3n) is 6.48. The topological polar surface area (TPSA) is 35.5 Å². The van der Waals surface area contributed by atoms with E-state index in [0.717, 1.165) is 39.8 Å². The van der Waals surface area contributed by atoms with Gasteiger partial charge in [0.2, 0.25) is 0 Å². The Bertz CT molecular complexity index is 1150. The van der Waals surface area contributed by atoms with Gasteiger partial charge < -0.3 is 9.47 Å². The quantitative estimate of drug-likeness (QED) is 0.332. The minimum absolute atomic E-state index is 0.0708. The largest absolute Gasteiger partial charge is 0.488 e. The summed E-state index contributed by atoms with van der Waals surface area (Å²) in [7, 11) is 0. The number of benzene rings is 3. The number of allylic oxidation sites excluding steroid dienone is 1.